The summed E-state index contributed by atoms with van der Waals surface area (Å²) in [6.45, 7) is 1.73. The van der Waals surface area contributed by atoms with Gasteiger partial charge in [0.15, 0.2) is 0 Å². The fourth-order valence-corrected chi connectivity index (χ4v) is 1.42. The zero-order valence-corrected chi connectivity index (χ0v) is 10.3. The zero-order valence-electron chi connectivity index (χ0n) is 10.3. The van der Waals surface area contributed by atoms with E-state index >= 15 is 0 Å². The van der Waals surface area contributed by atoms with Gasteiger partial charge in [-0.3, -0.25) is 14.2 Å². The minimum Gasteiger partial charge on any atom is -0.481 e. The topological polar surface area (TPSA) is 127 Å². The molecule has 0 saturated heterocycles. The molecule has 9 heteroatoms. The van der Waals surface area contributed by atoms with Crippen molar-refractivity contribution in [3.05, 3.63) is 22.1 Å². The van der Waals surface area contributed by atoms with Crippen molar-refractivity contribution in [3.63, 3.8) is 0 Å². The standard InChI is InChI=1S/C10H14N4O5/c1-7-12-8(14(18)19)5-13(7)6-9(15)11-4-2-3-10(16)17/h5H,2-4,6H2,1H3,(H,11,15)(H,16,17). The van der Waals surface area contributed by atoms with E-state index in [9.17, 15) is 19.7 Å². The van der Waals surface area contributed by atoms with Crippen molar-refractivity contribution in [3.8, 4) is 0 Å². The van der Waals surface area contributed by atoms with Crippen molar-refractivity contribution < 1.29 is 19.6 Å². The minimum atomic E-state index is -0.921. The van der Waals surface area contributed by atoms with Crippen LogP contribution in [0.2, 0.25) is 0 Å². The molecule has 1 rings (SSSR count). The smallest absolute Gasteiger partial charge is 0.381 e. The average molecular weight is 270 g/mol. The number of nitrogens with one attached hydrogen (secondary N) is 1. The first-order chi connectivity index (χ1) is 8.90. The molecule has 1 heterocycles. The molecule has 0 aromatic carbocycles. The summed E-state index contributed by atoms with van der Waals surface area (Å²) in [7, 11) is 0. The number of nitrogens with zero attached hydrogens (tertiary/aromatic N) is 3. The molecule has 0 unspecified atom stereocenters. The average Bonchev–Trinajstić information content (AvgIpc) is 2.66. The highest BCUT2D eigenvalue weighted by Gasteiger charge is 2.16. The number of aryl methyl sites for hydroxylation is 1. The van der Waals surface area contributed by atoms with E-state index < -0.39 is 10.9 Å². The van der Waals surface area contributed by atoms with Crippen LogP contribution in [0.5, 0.6) is 0 Å². The second-order valence-electron chi connectivity index (χ2n) is 3.88. The highest BCUT2D eigenvalue weighted by Crippen LogP contribution is 2.09. The van der Waals surface area contributed by atoms with Gasteiger partial charge in [0.1, 0.15) is 12.7 Å². The van der Waals surface area contributed by atoms with Crippen LogP contribution in [0.3, 0.4) is 0 Å². The van der Waals surface area contributed by atoms with Crippen molar-refractivity contribution >= 4 is 17.7 Å². The van der Waals surface area contributed by atoms with E-state index in [1.807, 2.05) is 0 Å². The fourth-order valence-electron chi connectivity index (χ4n) is 1.42. The van der Waals surface area contributed by atoms with Crippen LogP contribution in [0.15, 0.2) is 6.20 Å². The third-order valence-electron chi connectivity index (χ3n) is 2.35. The Hall–Kier alpha value is -2.45. The molecule has 0 saturated carbocycles. The van der Waals surface area contributed by atoms with E-state index in [-0.39, 0.29) is 31.2 Å². The van der Waals surface area contributed by atoms with E-state index in [2.05, 4.69) is 10.3 Å². The van der Waals surface area contributed by atoms with E-state index in [4.69, 9.17) is 5.11 Å². The summed E-state index contributed by atoms with van der Waals surface area (Å²) in [5.41, 5.74) is 0. The van der Waals surface area contributed by atoms with Crippen molar-refractivity contribution in [2.24, 2.45) is 0 Å². The Balaban J connectivity index is 2.44. The molecule has 9 nitrogen and oxygen atoms in total. The Morgan fingerprint density at radius 3 is 2.79 bits per heavy atom. The number of nitro groups is 1. The predicted molar refractivity (Wildman–Crippen MR) is 63.5 cm³/mol. The molecular weight excluding hydrogens is 256 g/mol. The van der Waals surface area contributed by atoms with Crippen LogP contribution in [0, 0.1) is 17.0 Å². The maximum Gasteiger partial charge on any atom is 0.381 e. The molecule has 0 atom stereocenters. The lowest BCUT2D eigenvalue weighted by atomic mass is 10.3. The summed E-state index contributed by atoms with van der Waals surface area (Å²) >= 11 is 0. The van der Waals surface area contributed by atoms with Crippen LogP contribution < -0.4 is 5.32 Å². The summed E-state index contributed by atoms with van der Waals surface area (Å²) in [4.78, 5) is 35.3. The van der Waals surface area contributed by atoms with Crippen LogP contribution >= 0.6 is 0 Å². The summed E-state index contributed by atoms with van der Waals surface area (Å²) in [5, 5.41) is 21.4. The van der Waals surface area contributed by atoms with Gasteiger partial charge in [-0.2, -0.15) is 0 Å². The lowest BCUT2D eigenvalue weighted by Gasteiger charge is -2.04. The minimum absolute atomic E-state index is 0.0180. The fraction of sp³-hybridized carbons (Fsp3) is 0.500. The van der Waals surface area contributed by atoms with Gasteiger partial charge in [-0.15, -0.1) is 0 Å². The molecule has 0 aliphatic carbocycles. The van der Waals surface area contributed by atoms with E-state index in [0.717, 1.165) is 0 Å². The van der Waals surface area contributed by atoms with Crippen molar-refractivity contribution in [2.75, 3.05) is 6.54 Å². The second-order valence-corrected chi connectivity index (χ2v) is 3.88. The largest absolute Gasteiger partial charge is 0.481 e. The zero-order chi connectivity index (χ0) is 14.4. The Morgan fingerprint density at radius 2 is 2.26 bits per heavy atom. The number of aliphatic carboxylic acids is 1. The molecule has 0 radical (unpaired) electrons. The van der Waals surface area contributed by atoms with E-state index in [1.54, 1.807) is 6.92 Å². The van der Waals surface area contributed by atoms with Crippen LogP contribution in [-0.2, 0) is 16.1 Å². The molecule has 1 amide bonds. The molecule has 1 aromatic heterocycles. The normalized spacial score (nSPS) is 10.2. The van der Waals surface area contributed by atoms with Gasteiger partial charge in [0.25, 0.3) is 0 Å². The molecule has 0 aliphatic rings. The van der Waals surface area contributed by atoms with Crippen molar-refractivity contribution in [2.45, 2.75) is 26.3 Å². The third kappa shape index (κ3) is 4.74. The van der Waals surface area contributed by atoms with Gasteiger partial charge in [-0.1, -0.05) is 0 Å². The number of amides is 1. The maximum atomic E-state index is 11.5. The lowest BCUT2D eigenvalue weighted by Crippen LogP contribution is -2.28. The van der Waals surface area contributed by atoms with Crippen molar-refractivity contribution in [1.82, 2.24) is 14.9 Å². The number of aromatic nitrogens is 2. The van der Waals surface area contributed by atoms with Gasteiger partial charge >= 0.3 is 11.8 Å². The van der Waals surface area contributed by atoms with E-state index in [0.29, 0.717) is 12.2 Å². The first-order valence-electron chi connectivity index (χ1n) is 5.57. The molecule has 0 bridgehead atoms. The number of hydrogen-bond acceptors (Lipinski definition) is 5. The van der Waals surface area contributed by atoms with Crippen LogP contribution in [0.1, 0.15) is 18.7 Å². The van der Waals surface area contributed by atoms with Crippen LogP contribution in [0.4, 0.5) is 5.82 Å². The van der Waals surface area contributed by atoms with Gasteiger partial charge in [0.05, 0.1) is 0 Å². The number of carboxylic acid groups (broad SMARTS) is 1. The van der Waals surface area contributed by atoms with Gasteiger partial charge in [-0.25, -0.2) is 0 Å². The quantitative estimate of drug-likeness (QED) is 0.410. The molecule has 1 aromatic rings. The highest BCUT2D eigenvalue weighted by atomic mass is 16.6. The molecule has 2 N–H and O–H groups in total. The SMILES string of the molecule is Cc1nc([N+](=O)[O-])cn1CC(=O)NCCCC(=O)O. The first kappa shape index (κ1) is 14.6. The maximum absolute atomic E-state index is 11.5. The van der Waals surface area contributed by atoms with Gasteiger partial charge < -0.3 is 20.5 Å². The number of hydrogen-bond donors (Lipinski definition) is 2. The molecule has 104 valence electrons. The molecule has 19 heavy (non-hydrogen) atoms. The summed E-state index contributed by atoms with van der Waals surface area (Å²) in [6.07, 6.45) is 1.51. The summed E-state index contributed by atoms with van der Waals surface area (Å²) < 4.78 is 1.37. The molecule has 0 spiro atoms. The Morgan fingerprint density at radius 1 is 1.58 bits per heavy atom. The second kappa shape index (κ2) is 6.47. The Bertz CT molecular complexity index is 496. The molecular formula is C10H14N4O5. The predicted octanol–water partition coefficient (Wildman–Crippen LogP) is 0.0807. The van der Waals surface area contributed by atoms with Gasteiger partial charge in [0, 0.05) is 19.9 Å². The first-order valence-corrected chi connectivity index (χ1v) is 5.57. The number of carbonyl (C=O) groups excluding carboxylic acids is 1. The van der Waals surface area contributed by atoms with Crippen molar-refractivity contribution in [1.29, 1.82) is 0 Å². The molecule has 0 fully saturated rings. The van der Waals surface area contributed by atoms with E-state index in [1.165, 1.54) is 10.8 Å². The van der Waals surface area contributed by atoms with Crippen LogP contribution in [-0.4, -0.2) is 38.0 Å². The number of carboxylic acids is 1. The Kier molecular flexibility index (Phi) is 4.98. The lowest BCUT2D eigenvalue weighted by molar-refractivity contribution is -0.389. The monoisotopic (exact) mass is 270 g/mol. The summed E-state index contributed by atoms with van der Waals surface area (Å²) in [6, 6.07) is 0. The Labute approximate surface area is 108 Å². The number of carbonyl (C=O) groups is 2. The van der Waals surface area contributed by atoms with Gasteiger partial charge in [0.2, 0.25) is 11.7 Å². The van der Waals surface area contributed by atoms with Gasteiger partial charge in [-0.05, 0) is 16.3 Å². The highest BCUT2D eigenvalue weighted by molar-refractivity contribution is 5.75. The number of rotatable bonds is 7. The molecule has 0 aliphatic heterocycles. The summed E-state index contributed by atoms with van der Waals surface area (Å²) in [5.74, 6) is -1.21. The van der Waals surface area contributed by atoms with Crippen LogP contribution in [0.25, 0.3) is 0 Å². The number of imidazole rings is 1. The third-order valence-corrected chi connectivity index (χ3v) is 2.35.